The van der Waals surface area contributed by atoms with Crippen molar-refractivity contribution in [1.29, 1.82) is 0 Å². The first-order chi connectivity index (χ1) is 6.66. The molecule has 0 radical (unpaired) electrons. The third-order valence-electron chi connectivity index (χ3n) is 2.66. The summed E-state index contributed by atoms with van der Waals surface area (Å²) in [5.41, 5.74) is 3.39. The summed E-state index contributed by atoms with van der Waals surface area (Å²) >= 11 is 0. The predicted octanol–water partition coefficient (Wildman–Crippen LogP) is 2.27. The number of fused-ring (bicyclic) bond motifs is 1. The van der Waals surface area contributed by atoms with Crippen LogP contribution in [0.15, 0.2) is 18.2 Å². The van der Waals surface area contributed by atoms with Gasteiger partial charge in [0.25, 0.3) is 6.43 Å². The van der Waals surface area contributed by atoms with Gasteiger partial charge in [0, 0.05) is 6.54 Å². The van der Waals surface area contributed by atoms with Crippen molar-refractivity contribution in [2.75, 3.05) is 0 Å². The molecule has 0 saturated carbocycles. The van der Waals surface area contributed by atoms with Gasteiger partial charge in [-0.25, -0.2) is 8.78 Å². The zero-order chi connectivity index (χ0) is 10.1. The number of rotatable bonds is 1. The molecule has 0 aliphatic carbocycles. The number of aryl methyl sites for hydroxylation is 1. The quantitative estimate of drug-likeness (QED) is 0.728. The van der Waals surface area contributed by atoms with E-state index in [-0.39, 0.29) is 0 Å². The standard InChI is InChI=1S/C11H13F2N/c1-7-2-3-8-5-10(11(12)13)14-6-9(8)4-7/h2-4,10-11,14H,5-6H2,1H3. The fourth-order valence-electron chi connectivity index (χ4n) is 1.85. The molecule has 1 aromatic carbocycles. The lowest BCUT2D eigenvalue weighted by atomic mass is 9.94. The molecule has 1 unspecified atom stereocenters. The van der Waals surface area contributed by atoms with Gasteiger partial charge in [0.2, 0.25) is 0 Å². The first-order valence-corrected chi connectivity index (χ1v) is 4.77. The Balaban J connectivity index is 2.23. The second-order valence-electron chi connectivity index (χ2n) is 3.80. The number of nitrogens with one attached hydrogen (secondary N) is 1. The first kappa shape index (κ1) is 9.59. The van der Waals surface area contributed by atoms with Crippen LogP contribution in [-0.2, 0) is 13.0 Å². The second kappa shape index (κ2) is 3.65. The van der Waals surface area contributed by atoms with Gasteiger partial charge in [0.05, 0.1) is 6.04 Å². The average molecular weight is 197 g/mol. The van der Waals surface area contributed by atoms with Crippen LogP contribution in [0.25, 0.3) is 0 Å². The van der Waals surface area contributed by atoms with Gasteiger partial charge in [-0.1, -0.05) is 23.8 Å². The number of hydrogen-bond donors (Lipinski definition) is 1. The van der Waals surface area contributed by atoms with Crippen LogP contribution in [0.2, 0.25) is 0 Å². The minimum Gasteiger partial charge on any atom is -0.304 e. The van der Waals surface area contributed by atoms with Crippen molar-refractivity contribution in [1.82, 2.24) is 5.32 Å². The molecule has 0 spiro atoms. The Kier molecular flexibility index (Phi) is 2.50. The summed E-state index contributed by atoms with van der Waals surface area (Å²) in [6, 6.07) is 5.32. The van der Waals surface area contributed by atoms with Crippen molar-refractivity contribution in [2.24, 2.45) is 0 Å². The molecule has 0 amide bonds. The third-order valence-corrected chi connectivity index (χ3v) is 2.66. The molecule has 0 bridgehead atoms. The van der Waals surface area contributed by atoms with Crippen molar-refractivity contribution in [3.05, 3.63) is 34.9 Å². The second-order valence-corrected chi connectivity index (χ2v) is 3.80. The van der Waals surface area contributed by atoms with E-state index in [0.717, 1.165) is 11.1 Å². The summed E-state index contributed by atoms with van der Waals surface area (Å²) < 4.78 is 24.9. The summed E-state index contributed by atoms with van der Waals surface area (Å²) in [4.78, 5) is 0. The fourth-order valence-corrected chi connectivity index (χ4v) is 1.85. The molecular weight excluding hydrogens is 184 g/mol. The molecule has 3 heteroatoms. The number of alkyl halides is 2. The van der Waals surface area contributed by atoms with Crippen molar-refractivity contribution >= 4 is 0 Å². The molecule has 76 valence electrons. The Bertz CT molecular complexity index is 336. The lowest BCUT2D eigenvalue weighted by Crippen LogP contribution is -2.40. The molecule has 1 atom stereocenters. The summed E-state index contributed by atoms with van der Waals surface area (Å²) in [7, 11) is 0. The van der Waals surface area contributed by atoms with E-state index in [4.69, 9.17) is 0 Å². The number of hydrogen-bond acceptors (Lipinski definition) is 1. The average Bonchev–Trinajstić information content (AvgIpc) is 2.16. The molecule has 1 N–H and O–H groups in total. The molecule has 0 saturated heterocycles. The maximum absolute atomic E-state index is 12.4. The maximum Gasteiger partial charge on any atom is 0.254 e. The lowest BCUT2D eigenvalue weighted by Gasteiger charge is -2.25. The van der Waals surface area contributed by atoms with E-state index in [1.807, 2.05) is 19.1 Å². The van der Waals surface area contributed by atoms with Gasteiger partial charge in [-0.2, -0.15) is 0 Å². The molecule has 1 heterocycles. The highest BCUT2D eigenvalue weighted by molar-refractivity contribution is 5.33. The highest BCUT2D eigenvalue weighted by atomic mass is 19.3. The van der Waals surface area contributed by atoms with E-state index < -0.39 is 12.5 Å². The zero-order valence-electron chi connectivity index (χ0n) is 8.06. The van der Waals surface area contributed by atoms with Gasteiger partial charge in [-0.15, -0.1) is 0 Å². The van der Waals surface area contributed by atoms with Crippen molar-refractivity contribution in [2.45, 2.75) is 32.4 Å². The van der Waals surface area contributed by atoms with Crippen LogP contribution in [0, 0.1) is 6.92 Å². The van der Waals surface area contributed by atoms with Gasteiger partial charge >= 0.3 is 0 Å². The highest BCUT2D eigenvalue weighted by Gasteiger charge is 2.24. The van der Waals surface area contributed by atoms with Crippen molar-refractivity contribution in [3.63, 3.8) is 0 Å². The van der Waals surface area contributed by atoms with Crippen molar-refractivity contribution in [3.8, 4) is 0 Å². The maximum atomic E-state index is 12.4. The van der Waals surface area contributed by atoms with E-state index in [0.29, 0.717) is 13.0 Å². The van der Waals surface area contributed by atoms with Crippen LogP contribution in [0.4, 0.5) is 8.78 Å². The van der Waals surface area contributed by atoms with Crippen LogP contribution in [0.3, 0.4) is 0 Å². The van der Waals surface area contributed by atoms with Crippen molar-refractivity contribution < 1.29 is 8.78 Å². The molecule has 0 fully saturated rings. The molecule has 14 heavy (non-hydrogen) atoms. The Morgan fingerprint density at radius 2 is 2.14 bits per heavy atom. The van der Waals surface area contributed by atoms with E-state index in [9.17, 15) is 8.78 Å². The van der Waals surface area contributed by atoms with Gasteiger partial charge in [-0.3, -0.25) is 0 Å². The molecule has 1 aliphatic heterocycles. The van der Waals surface area contributed by atoms with E-state index in [1.54, 1.807) is 0 Å². The highest BCUT2D eigenvalue weighted by Crippen LogP contribution is 2.20. The summed E-state index contributed by atoms with van der Waals surface area (Å²) in [5, 5.41) is 2.85. The number of halogens is 2. The lowest BCUT2D eigenvalue weighted by molar-refractivity contribution is 0.0942. The Morgan fingerprint density at radius 1 is 1.36 bits per heavy atom. The van der Waals surface area contributed by atoms with Crippen LogP contribution < -0.4 is 5.32 Å². The summed E-state index contributed by atoms with van der Waals surface area (Å²) in [6.07, 6.45) is -1.84. The Hall–Kier alpha value is -0.960. The van der Waals surface area contributed by atoms with Crippen LogP contribution >= 0.6 is 0 Å². The SMILES string of the molecule is Cc1ccc2c(c1)CNC(C(F)F)C2. The smallest absolute Gasteiger partial charge is 0.254 e. The van der Waals surface area contributed by atoms with Crippen LogP contribution in [0.5, 0.6) is 0 Å². The van der Waals surface area contributed by atoms with E-state index in [1.165, 1.54) is 5.56 Å². The van der Waals surface area contributed by atoms with E-state index in [2.05, 4.69) is 11.4 Å². The Morgan fingerprint density at radius 3 is 2.86 bits per heavy atom. The third kappa shape index (κ3) is 1.77. The molecule has 1 nitrogen and oxygen atoms in total. The predicted molar refractivity (Wildman–Crippen MR) is 51.5 cm³/mol. The fraction of sp³-hybridized carbons (Fsp3) is 0.455. The number of benzene rings is 1. The molecule has 1 aromatic rings. The van der Waals surface area contributed by atoms with Gasteiger partial charge in [0.1, 0.15) is 0 Å². The minimum absolute atomic E-state index is 0.438. The molecule has 2 rings (SSSR count). The monoisotopic (exact) mass is 197 g/mol. The topological polar surface area (TPSA) is 12.0 Å². The Labute approximate surface area is 82.1 Å². The first-order valence-electron chi connectivity index (χ1n) is 4.77. The summed E-state index contributed by atoms with van der Waals surface area (Å²) in [5.74, 6) is 0. The van der Waals surface area contributed by atoms with Gasteiger partial charge < -0.3 is 5.32 Å². The van der Waals surface area contributed by atoms with Gasteiger partial charge in [0.15, 0.2) is 0 Å². The summed E-state index contributed by atoms with van der Waals surface area (Å²) in [6.45, 7) is 2.57. The normalized spacial score (nSPS) is 21.0. The van der Waals surface area contributed by atoms with Crippen LogP contribution in [0.1, 0.15) is 16.7 Å². The van der Waals surface area contributed by atoms with Crippen LogP contribution in [-0.4, -0.2) is 12.5 Å². The zero-order valence-corrected chi connectivity index (χ0v) is 8.06. The molecular formula is C11H13F2N. The van der Waals surface area contributed by atoms with Gasteiger partial charge in [-0.05, 0) is 24.5 Å². The van der Waals surface area contributed by atoms with E-state index >= 15 is 0 Å². The minimum atomic E-state index is -2.27. The molecule has 0 aromatic heterocycles. The largest absolute Gasteiger partial charge is 0.304 e. The molecule has 1 aliphatic rings.